The Balaban J connectivity index is 1.74. The standard InChI is InChI=1S/C19H29IN2O2/c1-13(14-5-7-15(20)8-6-14)21-16-9-11-17(12-10-16)22-18(23)24-19(2,3)4/h5-8,13,16-17,21H,9-12H2,1-4H3,(H,22,23). The lowest BCUT2D eigenvalue weighted by molar-refractivity contribution is 0.0489. The lowest BCUT2D eigenvalue weighted by Crippen LogP contribution is -2.44. The van der Waals surface area contributed by atoms with Gasteiger partial charge in [-0.1, -0.05) is 12.1 Å². The van der Waals surface area contributed by atoms with Crippen LogP contribution in [0.2, 0.25) is 0 Å². The highest BCUT2D eigenvalue weighted by molar-refractivity contribution is 14.1. The lowest BCUT2D eigenvalue weighted by Gasteiger charge is -2.32. The number of carbonyl (C=O) groups is 1. The number of halogens is 1. The van der Waals surface area contributed by atoms with E-state index in [4.69, 9.17) is 4.74 Å². The molecule has 1 aliphatic carbocycles. The first-order valence-electron chi connectivity index (χ1n) is 8.74. The number of ether oxygens (including phenoxy) is 1. The van der Waals surface area contributed by atoms with Gasteiger partial charge in [0.2, 0.25) is 0 Å². The highest BCUT2D eigenvalue weighted by atomic mass is 127. The van der Waals surface area contributed by atoms with Crippen molar-refractivity contribution in [2.45, 2.75) is 77.1 Å². The summed E-state index contributed by atoms with van der Waals surface area (Å²) in [6.07, 6.45) is 3.85. The van der Waals surface area contributed by atoms with Crippen LogP contribution in [0, 0.1) is 3.57 Å². The zero-order valence-corrected chi connectivity index (χ0v) is 17.2. The zero-order chi connectivity index (χ0) is 17.7. The highest BCUT2D eigenvalue weighted by Crippen LogP contribution is 2.23. The number of amides is 1. The summed E-state index contributed by atoms with van der Waals surface area (Å²) < 4.78 is 6.59. The fourth-order valence-electron chi connectivity index (χ4n) is 3.08. The van der Waals surface area contributed by atoms with E-state index in [2.05, 4.69) is 64.4 Å². The third-order valence-corrected chi connectivity index (χ3v) is 5.02. The molecule has 0 spiro atoms. The van der Waals surface area contributed by atoms with Gasteiger partial charge in [0.25, 0.3) is 0 Å². The molecule has 0 radical (unpaired) electrons. The van der Waals surface area contributed by atoms with Gasteiger partial charge in [0.05, 0.1) is 0 Å². The molecular formula is C19H29IN2O2. The molecule has 0 aliphatic heterocycles. The van der Waals surface area contributed by atoms with Gasteiger partial charge in [0, 0.05) is 21.7 Å². The Kier molecular flexibility index (Phi) is 6.92. The molecular weight excluding hydrogens is 415 g/mol. The second-order valence-corrected chi connectivity index (χ2v) is 8.88. The molecule has 24 heavy (non-hydrogen) atoms. The Morgan fingerprint density at radius 1 is 1.12 bits per heavy atom. The normalized spacial score (nSPS) is 22.7. The summed E-state index contributed by atoms with van der Waals surface area (Å²) in [4.78, 5) is 11.8. The summed E-state index contributed by atoms with van der Waals surface area (Å²) in [6.45, 7) is 7.88. The Bertz CT molecular complexity index is 531. The van der Waals surface area contributed by atoms with Crippen molar-refractivity contribution in [2.24, 2.45) is 0 Å². The van der Waals surface area contributed by atoms with Crippen LogP contribution in [0.25, 0.3) is 0 Å². The van der Waals surface area contributed by atoms with Gasteiger partial charge >= 0.3 is 6.09 Å². The maximum Gasteiger partial charge on any atom is 0.407 e. The molecule has 1 amide bonds. The molecule has 1 unspecified atom stereocenters. The van der Waals surface area contributed by atoms with Gasteiger partial charge in [-0.05, 0) is 93.7 Å². The molecule has 134 valence electrons. The van der Waals surface area contributed by atoms with E-state index >= 15 is 0 Å². The zero-order valence-electron chi connectivity index (χ0n) is 15.1. The topological polar surface area (TPSA) is 50.4 Å². The van der Waals surface area contributed by atoms with Crippen molar-refractivity contribution in [1.29, 1.82) is 0 Å². The van der Waals surface area contributed by atoms with Crippen LogP contribution in [0.5, 0.6) is 0 Å². The van der Waals surface area contributed by atoms with Crippen molar-refractivity contribution in [3.63, 3.8) is 0 Å². The van der Waals surface area contributed by atoms with Gasteiger partial charge < -0.3 is 15.4 Å². The summed E-state index contributed by atoms with van der Waals surface area (Å²) in [5, 5.41) is 6.72. The van der Waals surface area contributed by atoms with Gasteiger partial charge in [-0.2, -0.15) is 0 Å². The van der Waals surface area contributed by atoms with Crippen molar-refractivity contribution < 1.29 is 9.53 Å². The maximum absolute atomic E-state index is 11.8. The van der Waals surface area contributed by atoms with E-state index in [1.807, 2.05) is 20.8 Å². The van der Waals surface area contributed by atoms with Gasteiger partial charge in [-0.15, -0.1) is 0 Å². The largest absolute Gasteiger partial charge is 0.444 e. The second-order valence-electron chi connectivity index (χ2n) is 7.63. The molecule has 0 heterocycles. The second kappa shape index (κ2) is 8.52. The van der Waals surface area contributed by atoms with Crippen LogP contribution in [0.3, 0.4) is 0 Å². The number of carbonyl (C=O) groups excluding carboxylic acids is 1. The van der Waals surface area contributed by atoms with Crippen LogP contribution in [0.1, 0.15) is 65.0 Å². The maximum atomic E-state index is 11.8. The number of hydrogen-bond acceptors (Lipinski definition) is 3. The number of benzene rings is 1. The monoisotopic (exact) mass is 444 g/mol. The highest BCUT2D eigenvalue weighted by Gasteiger charge is 2.25. The first-order valence-corrected chi connectivity index (χ1v) is 9.82. The first-order chi connectivity index (χ1) is 11.2. The minimum absolute atomic E-state index is 0.228. The van der Waals surface area contributed by atoms with Crippen molar-refractivity contribution in [1.82, 2.24) is 10.6 Å². The fourth-order valence-corrected chi connectivity index (χ4v) is 3.44. The Morgan fingerprint density at radius 2 is 1.67 bits per heavy atom. The van der Waals surface area contributed by atoms with Gasteiger partial charge in [0.15, 0.2) is 0 Å². The molecule has 0 aromatic heterocycles. The Labute approximate surface area is 159 Å². The summed E-state index contributed by atoms with van der Waals surface area (Å²) in [5.74, 6) is 0. The molecule has 1 atom stereocenters. The Hall–Kier alpha value is -0.820. The molecule has 1 aromatic rings. The molecule has 0 bridgehead atoms. The first kappa shape index (κ1) is 19.5. The Morgan fingerprint density at radius 3 is 2.21 bits per heavy atom. The molecule has 5 heteroatoms. The van der Waals surface area contributed by atoms with Crippen molar-refractivity contribution >= 4 is 28.7 Å². The average Bonchev–Trinajstić information content (AvgIpc) is 2.48. The number of rotatable bonds is 4. The molecule has 1 saturated carbocycles. The molecule has 2 rings (SSSR count). The molecule has 0 saturated heterocycles. The summed E-state index contributed by atoms with van der Waals surface area (Å²) in [7, 11) is 0. The minimum atomic E-state index is -0.439. The number of nitrogens with one attached hydrogen (secondary N) is 2. The summed E-state index contributed by atoms with van der Waals surface area (Å²) in [6, 6.07) is 9.76. The van der Waals surface area contributed by atoms with Crippen LogP contribution in [-0.2, 0) is 4.74 Å². The quantitative estimate of drug-likeness (QED) is 0.658. The predicted molar refractivity (Wildman–Crippen MR) is 106 cm³/mol. The van der Waals surface area contributed by atoms with Gasteiger partial charge in [-0.3, -0.25) is 0 Å². The average molecular weight is 444 g/mol. The summed E-state index contributed by atoms with van der Waals surface area (Å²) >= 11 is 2.33. The van der Waals surface area contributed by atoms with Crippen molar-refractivity contribution in [3.05, 3.63) is 33.4 Å². The van der Waals surface area contributed by atoms with Gasteiger partial charge in [-0.25, -0.2) is 4.79 Å². The van der Waals surface area contributed by atoms with E-state index in [1.165, 1.54) is 9.13 Å². The third kappa shape index (κ3) is 6.59. The minimum Gasteiger partial charge on any atom is -0.444 e. The fraction of sp³-hybridized carbons (Fsp3) is 0.632. The summed E-state index contributed by atoms with van der Waals surface area (Å²) in [5.41, 5.74) is 0.885. The lowest BCUT2D eigenvalue weighted by atomic mass is 9.90. The van der Waals surface area contributed by atoms with Gasteiger partial charge in [0.1, 0.15) is 5.60 Å². The van der Waals surface area contributed by atoms with Crippen LogP contribution >= 0.6 is 22.6 Å². The van der Waals surface area contributed by atoms with E-state index in [-0.39, 0.29) is 12.1 Å². The molecule has 1 fully saturated rings. The molecule has 2 N–H and O–H groups in total. The van der Waals surface area contributed by atoms with E-state index in [0.717, 1.165) is 25.7 Å². The number of hydrogen-bond donors (Lipinski definition) is 2. The molecule has 1 aliphatic rings. The number of alkyl carbamates (subject to hydrolysis) is 1. The molecule has 1 aromatic carbocycles. The molecule has 4 nitrogen and oxygen atoms in total. The SMILES string of the molecule is CC(NC1CCC(NC(=O)OC(C)(C)C)CC1)c1ccc(I)cc1. The smallest absolute Gasteiger partial charge is 0.407 e. The van der Waals surface area contributed by atoms with Crippen LogP contribution in [-0.4, -0.2) is 23.8 Å². The van der Waals surface area contributed by atoms with Crippen LogP contribution in [0.4, 0.5) is 4.79 Å². The van der Waals surface area contributed by atoms with E-state index in [9.17, 15) is 4.79 Å². The van der Waals surface area contributed by atoms with E-state index in [1.54, 1.807) is 0 Å². The van der Waals surface area contributed by atoms with Crippen molar-refractivity contribution in [2.75, 3.05) is 0 Å². The van der Waals surface area contributed by atoms with E-state index in [0.29, 0.717) is 12.1 Å². The van der Waals surface area contributed by atoms with Crippen LogP contribution in [0.15, 0.2) is 24.3 Å². The van der Waals surface area contributed by atoms with Crippen LogP contribution < -0.4 is 10.6 Å². The third-order valence-electron chi connectivity index (χ3n) is 4.30. The predicted octanol–water partition coefficient (Wildman–Crippen LogP) is 4.78. The van der Waals surface area contributed by atoms with E-state index < -0.39 is 5.60 Å². The van der Waals surface area contributed by atoms with Crippen molar-refractivity contribution in [3.8, 4) is 0 Å².